The van der Waals surface area contributed by atoms with Gasteiger partial charge in [-0.1, -0.05) is 25.4 Å². The molecule has 0 aromatic heterocycles. The van der Waals surface area contributed by atoms with Crippen molar-refractivity contribution in [3.63, 3.8) is 0 Å². The molecule has 118 valence electrons. The molecule has 0 spiro atoms. The molecule has 0 aliphatic rings. The fourth-order valence-corrected chi connectivity index (χ4v) is 2.31. The van der Waals surface area contributed by atoms with Crippen molar-refractivity contribution in [2.24, 2.45) is 17.6 Å². The number of ether oxygens (including phenoxy) is 2. The quantitative estimate of drug-likeness (QED) is 0.811. The summed E-state index contributed by atoms with van der Waals surface area (Å²) in [5, 5.41) is 3.23. The Morgan fingerprint density at radius 3 is 2.38 bits per heavy atom. The molecule has 1 aromatic rings. The predicted octanol–water partition coefficient (Wildman–Crippen LogP) is 2.92. The Labute approximate surface area is 130 Å². The SMILES string of the molecule is COc1cc(OC)c(NC(=O)C(CN)CC(C)C)cc1Cl. The first-order valence-corrected chi connectivity index (χ1v) is 7.23. The normalized spacial score (nSPS) is 12.1. The summed E-state index contributed by atoms with van der Waals surface area (Å²) >= 11 is 6.08. The predicted molar refractivity (Wildman–Crippen MR) is 85.2 cm³/mol. The number of rotatable bonds is 7. The van der Waals surface area contributed by atoms with Crippen LogP contribution in [0.2, 0.25) is 5.02 Å². The molecule has 0 saturated heterocycles. The van der Waals surface area contributed by atoms with Crippen molar-refractivity contribution in [3.8, 4) is 11.5 Å². The lowest BCUT2D eigenvalue weighted by atomic mass is 9.96. The molecule has 1 rings (SSSR count). The summed E-state index contributed by atoms with van der Waals surface area (Å²) < 4.78 is 10.4. The molecule has 6 heteroatoms. The molecule has 1 aromatic carbocycles. The molecule has 0 aliphatic heterocycles. The molecule has 0 heterocycles. The molecule has 1 atom stereocenters. The largest absolute Gasteiger partial charge is 0.495 e. The summed E-state index contributed by atoms with van der Waals surface area (Å²) in [4.78, 5) is 12.3. The average Bonchev–Trinajstić information content (AvgIpc) is 2.44. The van der Waals surface area contributed by atoms with Crippen molar-refractivity contribution < 1.29 is 14.3 Å². The number of carbonyl (C=O) groups excluding carboxylic acids is 1. The number of nitrogens with two attached hydrogens (primary N) is 1. The summed E-state index contributed by atoms with van der Waals surface area (Å²) in [7, 11) is 3.04. The Kier molecular flexibility index (Phi) is 6.78. The van der Waals surface area contributed by atoms with Gasteiger partial charge in [-0.2, -0.15) is 0 Å². The highest BCUT2D eigenvalue weighted by molar-refractivity contribution is 6.32. The third kappa shape index (κ3) is 4.79. The standard InChI is InChI=1S/C15H23ClN2O3/c1-9(2)5-10(8-17)15(19)18-12-6-11(16)13(20-3)7-14(12)21-4/h6-7,9-10H,5,8,17H2,1-4H3,(H,18,19). The van der Waals surface area contributed by atoms with Crippen molar-refractivity contribution in [2.75, 3.05) is 26.1 Å². The molecule has 3 N–H and O–H groups in total. The van der Waals surface area contributed by atoms with Crippen LogP contribution < -0.4 is 20.5 Å². The number of amides is 1. The van der Waals surface area contributed by atoms with Gasteiger partial charge < -0.3 is 20.5 Å². The number of nitrogens with one attached hydrogen (secondary N) is 1. The lowest BCUT2D eigenvalue weighted by Crippen LogP contribution is -2.30. The number of halogens is 1. The van der Waals surface area contributed by atoms with E-state index in [1.807, 2.05) is 0 Å². The first kappa shape index (κ1) is 17.6. The third-order valence-corrected chi connectivity index (χ3v) is 3.44. The number of anilines is 1. The fourth-order valence-electron chi connectivity index (χ4n) is 2.07. The van der Waals surface area contributed by atoms with E-state index in [0.29, 0.717) is 34.7 Å². The number of benzene rings is 1. The molecule has 0 bridgehead atoms. The van der Waals surface area contributed by atoms with Gasteiger partial charge in [0.25, 0.3) is 0 Å². The van der Waals surface area contributed by atoms with Gasteiger partial charge in [-0.15, -0.1) is 0 Å². The number of methoxy groups -OCH3 is 2. The van der Waals surface area contributed by atoms with Gasteiger partial charge in [-0.05, 0) is 18.4 Å². The van der Waals surface area contributed by atoms with Crippen LogP contribution in [0.1, 0.15) is 20.3 Å². The van der Waals surface area contributed by atoms with Gasteiger partial charge in [-0.25, -0.2) is 0 Å². The zero-order valence-corrected chi connectivity index (χ0v) is 13.7. The molecular formula is C15H23ClN2O3. The summed E-state index contributed by atoms with van der Waals surface area (Å²) in [5.41, 5.74) is 6.19. The first-order valence-electron chi connectivity index (χ1n) is 6.85. The van der Waals surface area contributed by atoms with Crippen LogP contribution in [0.15, 0.2) is 12.1 Å². The minimum absolute atomic E-state index is 0.134. The van der Waals surface area contributed by atoms with Crippen molar-refractivity contribution in [3.05, 3.63) is 17.2 Å². The molecule has 0 fully saturated rings. The Bertz CT molecular complexity index is 492. The van der Waals surface area contributed by atoms with Crippen LogP contribution in [-0.2, 0) is 4.79 Å². The Hall–Kier alpha value is -1.46. The second kappa shape index (κ2) is 8.10. The molecule has 21 heavy (non-hydrogen) atoms. The Morgan fingerprint density at radius 1 is 1.29 bits per heavy atom. The molecule has 0 saturated carbocycles. The fraction of sp³-hybridized carbons (Fsp3) is 0.533. The van der Waals surface area contributed by atoms with Crippen molar-refractivity contribution >= 4 is 23.2 Å². The zero-order valence-electron chi connectivity index (χ0n) is 12.9. The smallest absolute Gasteiger partial charge is 0.228 e. The monoisotopic (exact) mass is 314 g/mol. The van der Waals surface area contributed by atoms with E-state index in [2.05, 4.69) is 19.2 Å². The zero-order chi connectivity index (χ0) is 16.0. The van der Waals surface area contributed by atoms with Gasteiger partial charge in [0.2, 0.25) is 5.91 Å². The number of carbonyl (C=O) groups is 1. The van der Waals surface area contributed by atoms with Crippen LogP contribution in [0.5, 0.6) is 11.5 Å². The molecule has 5 nitrogen and oxygen atoms in total. The van der Waals surface area contributed by atoms with Crippen molar-refractivity contribution in [2.45, 2.75) is 20.3 Å². The van der Waals surface area contributed by atoms with Crippen LogP contribution in [0.3, 0.4) is 0 Å². The molecule has 0 radical (unpaired) electrons. The topological polar surface area (TPSA) is 73.6 Å². The second-order valence-corrected chi connectivity index (χ2v) is 5.65. The van der Waals surface area contributed by atoms with E-state index in [-0.39, 0.29) is 11.8 Å². The molecule has 1 unspecified atom stereocenters. The number of hydrogen-bond donors (Lipinski definition) is 2. The molecule has 1 amide bonds. The maximum atomic E-state index is 12.3. The van der Waals surface area contributed by atoms with Gasteiger partial charge in [0.1, 0.15) is 11.5 Å². The van der Waals surface area contributed by atoms with E-state index >= 15 is 0 Å². The van der Waals surface area contributed by atoms with E-state index in [1.54, 1.807) is 12.1 Å². The van der Waals surface area contributed by atoms with E-state index in [9.17, 15) is 4.79 Å². The van der Waals surface area contributed by atoms with Gasteiger partial charge in [0.15, 0.2) is 0 Å². The highest BCUT2D eigenvalue weighted by Crippen LogP contribution is 2.36. The van der Waals surface area contributed by atoms with Crippen LogP contribution in [-0.4, -0.2) is 26.7 Å². The van der Waals surface area contributed by atoms with Gasteiger partial charge in [-0.3, -0.25) is 4.79 Å². The van der Waals surface area contributed by atoms with Crippen LogP contribution >= 0.6 is 11.6 Å². The van der Waals surface area contributed by atoms with Crippen LogP contribution in [0.4, 0.5) is 5.69 Å². The Morgan fingerprint density at radius 2 is 1.90 bits per heavy atom. The third-order valence-electron chi connectivity index (χ3n) is 3.14. The lowest BCUT2D eigenvalue weighted by molar-refractivity contribution is -0.120. The summed E-state index contributed by atoms with van der Waals surface area (Å²) in [6, 6.07) is 3.25. The van der Waals surface area contributed by atoms with Crippen molar-refractivity contribution in [1.82, 2.24) is 0 Å². The lowest BCUT2D eigenvalue weighted by Gasteiger charge is -2.18. The highest BCUT2D eigenvalue weighted by Gasteiger charge is 2.20. The molecular weight excluding hydrogens is 292 g/mol. The minimum atomic E-state index is -0.240. The second-order valence-electron chi connectivity index (χ2n) is 5.24. The first-order chi connectivity index (χ1) is 9.92. The van der Waals surface area contributed by atoms with Gasteiger partial charge in [0.05, 0.1) is 30.8 Å². The van der Waals surface area contributed by atoms with Gasteiger partial charge >= 0.3 is 0 Å². The Balaban J connectivity index is 2.95. The highest BCUT2D eigenvalue weighted by atomic mass is 35.5. The summed E-state index contributed by atoms with van der Waals surface area (Å²) in [5.74, 6) is 1.00. The number of hydrogen-bond acceptors (Lipinski definition) is 4. The van der Waals surface area contributed by atoms with Crippen LogP contribution in [0, 0.1) is 11.8 Å². The van der Waals surface area contributed by atoms with E-state index in [1.165, 1.54) is 14.2 Å². The van der Waals surface area contributed by atoms with E-state index in [4.69, 9.17) is 26.8 Å². The summed E-state index contributed by atoms with van der Waals surface area (Å²) in [6.07, 6.45) is 0.731. The van der Waals surface area contributed by atoms with Gasteiger partial charge in [0, 0.05) is 12.6 Å². The summed E-state index contributed by atoms with van der Waals surface area (Å²) in [6.45, 7) is 4.41. The van der Waals surface area contributed by atoms with Crippen LogP contribution in [0.25, 0.3) is 0 Å². The average molecular weight is 315 g/mol. The minimum Gasteiger partial charge on any atom is -0.495 e. The molecule has 0 aliphatic carbocycles. The maximum Gasteiger partial charge on any atom is 0.228 e. The van der Waals surface area contributed by atoms with E-state index in [0.717, 1.165) is 6.42 Å². The van der Waals surface area contributed by atoms with Crippen molar-refractivity contribution in [1.29, 1.82) is 0 Å². The maximum absolute atomic E-state index is 12.3. The van der Waals surface area contributed by atoms with E-state index < -0.39 is 0 Å².